The van der Waals surface area contributed by atoms with Gasteiger partial charge in [0.2, 0.25) is 0 Å². The predicted molar refractivity (Wildman–Crippen MR) is 218 cm³/mol. The van der Waals surface area contributed by atoms with Crippen LogP contribution in [0.3, 0.4) is 0 Å². The van der Waals surface area contributed by atoms with E-state index in [1.54, 1.807) is 17.6 Å². The predicted octanol–water partition coefficient (Wildman–Crippen LogP) is 13.8. The van der Waals surface area contributed by atoms with Crippen molar-refractivity contribution in [2.45, 2.75) is 87.5 Å². The molecule has 0 saturated carbocycles. The van der Waals surface area contributed by atoms with Crippen molar-refractivity contribution >= 4 is 60.1 Å². The molecule has 0 atom stereocenters. The van der Waals surface area contributed by atoms with E-state index in [-0.39, 0.29) is 48.9 Å². The number of carbonyl (C=O) groups is 1. The van der Waals surface area contributed by atoms with E-state index in [4.69, 9.17) is 13.8 Å². The molecule has 0 amide bonds. The number of hydrogen-bond acceptors (Lipinski definition) is 6. The topological polar surface area (TPSA) is 76.5 Å². The van der Waals surface area contributed by atoms with Crippen LogP contribution in [0.15, 0.2) is 93.8 Å². The van der Waals surface area contributed by atoms with Gasteiger partial charge >= 0.3 is 0 Å². The number of allylic oxidation sites excluding steroid dienone is 2. The van der Waals surface area contributed by atoms with Crippen molar-refractivity contribution in [1.82, 2.24) is 4.98 Å². The fourth-order valence-electron chi connectivity index (χ4n) is 7.14. The molecule has 3 aromatic carbocycles. The zero-order valence-electron chi connectivity index (χ0n) is 32.1. The fourth-order valence-corrected chi connectivity index (χ4v) is 8.44. The fraction of sp³-hybridized carbons (Fsp3) is 0.348. The number of carbonyl (C=O) groups excluding carboxylic acids is 1. The van der Waals surface area contributed by atoms with Gasteiger partial charge in [0, 0.05) is 76.3 Å². The quantitative estimate of drug-likeness (QED) is 0.0840. The van der Waals surface area contributed by atoms with Gasteiger partial charge < -0.3 is 18.9 Å². The van der Waals surface area contributed by atoms with Crippen LogP contribution in [0, 0.1) is 30.2 Å². The third-order valence-electron chi connectivity index (χ3n) is 10.1. The van der Waals surface area contributed by atoms with E-state index in [2.05, 4.69) is 76.2 Å². The number of thiophene rings is 1. The minimum atomic E-state index is 0. The van der Waals surface area contributed by atoms with Crippen molar-refractivity contribution in [3.8, 4) is 21.7 Å². The van der Waals surface area contributed by atoms with E-state index in [1.165, 1.54) is 33.0 Å². The number of hydrogen-bond donors (Lipinski definition) is 1. The normalized spacial score (nSPS) is 12.2. The molecule has 0 saturated heterocycles. The zero-order valence-corrected chi connectivity index (χ0v) is 35.3. The minimum absolute atomic E-state index is 0. The summed E-state index contributed by atoms with van der Waals surface area (Å²) in [5.74, 6) is 0.547. The van der Waals surface area contributed by atoms with Crippen LogP contribution < -0.4 is 0 Å². The van der Waals surface area contributed by atoms with Gasteiger partial charge in [-0.3, -0.25) is 4.79 Å². The average molecular weight is 905 g/mol. The standard InChI is InChI=1S/C33H26NO2S.C13H24O2.Ir/c1-19-23-12-14-34-29(32(23)37-31(19)21-10-8-20(9-11-21)18-33(2,3)4)25-7-5-6-24-26-16-22-13-15-35-27(22)17-28(26)36-30(24)25;1-5-10(6-2)12(14)9-13(15)11(7-3)8-4;/h5-6,8-17H,18H2,1-4H3;9-11,14H,5-8H2,1-4H3;/q-1;;/b;12-9-;. The Morgan fingerprint density at radius 1 is 0.906 bits per heavy atom. The molecule has 1 N–H and O–H groups in total. The number of aliphatic hydroxyl groups excluding tert-OH is 1. The Labute approximate surface area is 330 Å². The summed E-state index contributed by atoms with van der Waals surface area (Å²) in [4.78, 5) is 17.8. The number of pyridine rings is 1. The number of fused-ring (bicyclic) bond motifs is 5. The molecule has 0 spiro atoms. The summed E-state index contributed by atoms with van der Waals surface area (Å²) in [7, 11) is 0. The van der Waals surface area contributed by atoms with Gasteiger partial charge in [0.05, 0.1) is 17.6 Å². The molecule has 0 bridgehead atoms. The van der Waals surface area contributed by atoms with Crippen LogP contribution in [0.1, 0.15) is 85.3 Å². The maximum absolute atomic E-state index is 11.7. The average Bonchev–Trinajstić information content (AvgIpc) is 3.83. The molecule has 0 unspecified atom stereocenters. The molecule has 53 heavy (non-hydrogen) atoms. The molecule has 1 radical (unpaired) electrons. The monoisotopic (exact) mass is 905 g/mol. The third kappa shape index (κ3) is 8.54. The largest absolute Gasteiger partial charge is 0.512 e. The second-order valence-corrected chi connectivity index (χ2v) is 16.1. The van der Waals surface area contributed by atoms with Crippen LogP contribution >= 0.6 is 11.3 Å². The van der Waals surface area contributed by atoms with E-state index in [0.29, 0.717) is 0 Å². The Morgan fingerprint density at radius 3 is 2.26 bits per heavy atom. The van der Waals surface area contributed by atoms with E-state index in [0.717, 1.165) is 81.0 Å². The number of nitrogens with zero attached hydrogens (tertiary/aromatic N) is 1. The summed E-state index contributed by atoms with van der Waals surface area (Å²) in [5.41, 5.74) is 8.42. The summed E-state index contributed by atoms with van der Waals surface area (Å²) in [5, 5.41) is 14.2. The number of benzene rings is 3. The van der Waals surface area contributed by atoms with Crippen LogP contribution in [0.25, 0.3) is 64.7 Å². The Kier molecular flexibility index (Phi) is 12.9. The molecule has 279 valence electrons. The smallest absolute Gasteiger partial charge is 0.162 e. The van der Waals surface area contributed by atoms with E-state index in [1.807, 2.05) is 52.1 Å². The molecule has 7 rings (SSSR count). The first-order valence-corrected chi connectivity index (χ1v) is 19.4. The molecule has 4 heterocycles. The second kappa shape index (κ2) is 17.0. The summed E-state index contributed by atoms with van der Waals surface area (Å²) in [6, 6.07) is 24.7. The maximum atomic E-state index is 11.7. The number of aromatic nitrogens is 1. The first-order chi connectivity index (χ1) is 25.0. The van der Waals surface area contributed by atoms with Gasteiger partial charge in [0.1, 0.15) is 11.2 Å². The third-order valence-corrected chi connectivity index (χ3v) is 11.5. The van der Waals surface area contributed by atoms with Gasteiger partial charge in [0.25, 0.3) is 0 Å². The van der Waals surface area contributed by atoms with Gasteiger partial charge in [-0.25, -0.2) is 0 Å². The van der Waals surface area contributed by atoms with E-state index >= 15 is 0 Å². The molecule has 7 aromatic rings. The van der Waals surface area contributed by atoms with Crippen molar-refractivity contribution in [2.75, 3.05) is 0 Å². The van der Waals surface area contributed by atoms with E-state index < -0.39 is 0 Å². The van der Waals surface area contributed by atoms with Crippen LogP contribution in [-0.2, 0) is 31.3 Å². The number of furan rings is 2. The van der Waals surface area contributed by atoms with Crippen LogP contribution in [0.4, 0.5) is 0 Å². The minimum Gasteiger partial charge on any atom is -0.512 e. The van der Waals surface area contributed by atoms with Gasteiger partial charge in [-0.2, -0.15) is 0 Å². The van der Waals surface area contributed by atoms with Gasteiger partial charge in [-0.15, -0.1) is 29.5 Å². The number of ketones is 1. The molecule has 0 aliphatic rings. The first-order valence-electron chi connectivity index (χ1n) is 18.6. The molecule has 0 aliphatic heterocycles. The van der Waals surface area contributed by atoms with Crippen LogP contribution in [0.5, 0.6) is 0 Å². The number of aryl methyl sites for hydroxylation is 1. The second-order valence-electron chi connectivity index (χ2n) is 15.0. The summed E-state index contributed by atoms with van der Waals surface area (Å²) < 4.78 is 13.2. The van der Waals surface area contributed by atoms with Crippen LogP contribution in [-0.4, -0.2) is 15.9 Å². The molecule has 4 aromatic heterocycles. The van der Waals surface area contributed by atoms with Crippen molar-refractivity contribution < 1.29 is 38.8 Å². The van der Waals surface area contributed by atoms with Gasteiger partial charge in [0.15, 0.2) is 5.78 Å². The maximum Gasteiger partial charge on any atom is 0.162 e. The molecular weight excluding hydrogens is 855 g/mol. The van der Waals surface area contributed by atoms with Crippen molar-refractivity contribution in [2.24, 2.45) is 17.3 Å². The molecule has 5 nitrogen and oxygen atoms in total. The number of rotatable bonds is 10. The van der Waals surface area contributed by atoms with Crippen molar-refractivity contribution in [3.63, 3.8) is 0 Å². The SMILES string of the molecule is CCC(CC)C(=O)/C=C(\O)C(CC)CC.Cc1c(-c2ccc(CC(C)(C)C)cc2)sc2c(-c3[c-]ccc4c3oc3cc5occc5cc34)nccc12.[Ir]. The molecule has 7 heteroatoms. The van der Waals surface area contributed by atoms with Crippen LogP contribution in [0.2, 0.25) is 0 Å². The Bertz CT molecular complexity index is 2360. The van der Waals surface area contributed by atoms with Gasteiger partial charge in [-0.05, 0) is 84.7 Å². The first kappa shape index (κ1) is 40.2. The van der Waals surface area contributed by atoms with E-state index in [9.17, 15) is 9.90 Å². The Hall–Kier alpha value is -4.03. The summed E-state index contributed by atoms with van der Waals surface area (Å²) in [6.07, 6.45) is 9.58. The Morgan fingerprint density at radius 2 is 1.60 bits per heavy atom. The number of aliphatic hydroxyl groups is 1. The van der Waals surface area contributed by atoms with Gasteiger partial charge in [-0.1, -0.05) is 83.7 Å². The molecule has 0 aliphatic carbocycles. The summed E-state index contributed by atoms with van der Waals surface area (Å²) in [6.45, 7) is 17.1. The molecule has 0 fully saturated rings. The Balaban J connectivity index is 0.000000290. The van der Waals surface area contributed by atoms with Crippen molar-refractivity contribution in [1.29, 1.82) is 0 Å². The zero-order chi connectivity index (χ0) is 37.2. The molecular formula is C46H50IrNO4S-. The van der Waals surface area contributed by atoms with Crippen molar-refractivity contribution in [3.05, 3.63) is 102 Å². The summed E-state index contributed by atoms with van der Waals surface area (Å²) >= 11 is 1.80.